The molecule has 2 aliphatic rings. The van der Waals surface area contributed by atoms with E-state index in [4.69, 9.17) is 21.1 Å². The van der Waals surface area contributed by atoms with E-state index in [1.807, 2.05) is 0 Å². The van der Waals surface area contributed by atoms with Crippen LogP contribution in [0.4, 0.5) is 11.5 Å². The van der Waals surface area contributed by atoms with Gasteiger partial charge in [0.05, 0.1) is 11.6 Å². The Morgan fingerprint density at radius 2 is 1.85 bits per heavy atom. The average molecular weight is 473 g/mol. The lowest BCUT2D eigenvalue weighted by molar-refractivity contribution is 0.0699. The van der Waals surface area contributed by atoms with Crippen LogP contribution in [-0.4, -0.2) is 57.1 Å². The number of methoxy groups -OCH3 is 1. The molecule has 1 aliphatic carbocycles. The van der Waals surface area contributed by atoms with Crippen LogP contribution < -0.4 is 16.0 Å². The first-order valence-corrected chi connectivity index (χ1v) is 12.7. The second-order valence-electron chi connectivity index (χ2n) is 9.21. The summed E-state index contributed by atoms with van der Waals surface area (Å²) in [5.41, 5.74) is 3.24. The zero-order valence-electron chi connectivity index (χ0n) is 19.6. The van der Waals surface area contributed by atoms with Gasteiger partial charge in [-0.05, 0) is 68.2 Å². The molecule has 6 nitrogen and oxygen atoms in total. The van der Waals surface area contributed by atoms with Crippen LogP contribution in [0.5, 0.6) is 0 Å². The van der Waals surface area contributed by atoms with Gasteiger partial charge in [0.2, 0.25) is 0 Å². The van der Waals surface area contributed by atoms with E-state index < -0.39 is 0 Å². The number of nitrogens with one attached hydrogen (secondary N) is 3. The fourth-order valence-corrected chi connectivity index (χ4v) is 4.98. The highest BCUT2D eigenvalue weighted by molar-refractivity contribution is 6.33. The van der Waals surface area contributed by atoms with Crippen LogP contribution in [0.1, 0.15) is 38.5 Å². The summed E-state index contributed by atoms with van der Waals surface area (Å²) in [6.07, 6.45) is 8.63. The number of halogens is 1. The van der Waals surface area contributed by atoms with Crippen molar-refractivity contribution >= 4 is 23.1 Å². The highest BCUT2D eigenvalue weighted by atomic mass is 35.5. The van der Waals surface area contributed by atoms with Crippen molar-refractivity contribution in [1.29, 1.82) is 0 Å². The highest BCUT2D eigenvalue weighted by Gasteiger charge is 2.21. The van der Waals surface area contributed by atoms with E-state index in [-0.39, 0.29) is 0 Å². The van der Waals surface area contributed by atoms with Crippen molar-refractivity contribution in [2.24, 2.45) is 5.92 Å². The van der Waals surface area contributed by atoms with Gasteiger partial charge in [0.1, 0.15) is 5.82 Å². The maximum Gasteiger partial charge on any atom is 0.126 e. The molecule has 7 heteroatoms. The van der Waals surface area contributed by atoms with Crippen LogP contribution in [0.2, 0.25) is 5.02 Å². The van der Waals surface area contributed by atoms with Crippen molar-refractivity contribution in [3.8, 4) is 11.1 Å². The summed E-state index contributed by atoms with van der Waals surface area (Å²) in [6, 6.07) is 11.6. The summed E-state index contributed by atoms with van der Waals surface area (Å²) >= 11 is 6.56. The van der Waals surface area contributed by atoms with Gasteiger partial charge in [0.15, 0.2) is 0 Å². The largest absolute Gasteiger partial charge is 0.385 e. The Morgan fingerprint density at radius 1 is 1.06 bits per heavy atom. The van der Waals surface area contributed by atoms with Crippen molar-refractivity contribution < 1.29 is 9.47 Å². The number of anilines is 2. The Bertz CT molecular complexity index is 867. The number of ether oxygens (including phenoxy) is 2. The Morgan fingerprint density at radius 3 is 2.64 bits per heavy atom. The van der Waals surface area contributed by atoms with E-state index >= 15 is 0 Å². The Kier molecular flexibility index (Phi) is 9.24. The molecule has 2 aromatic rings. The van der Waals surface area contributed by atoms with Crippen molar-refractivity contribution in [3.05, 3.63) is 41.6 Å². The first-order valence-electron chi connectivity index (χ1n) is 12.3. The molecule has 0 amide bonds. The van der Waals surface area contributed by atoms with Crippen molar-refractivity contribution in [2.75, 3.05) is 50.7 Å². The topological polar surface area (TPSA) is 67.4 Å². The Balaban J connectivity index is 1.34. The molecular formula is C26H37ClN4O2. The fourth-order valence-electron chi connectivity index (χ4n) is 4.76. The summed E-state index contributed by atoms with van der Waals surface area (Å²) in [4.78, 5) is 4.56. The minimum absolute atomic E-state index is 0.444. The standard InChI is InChI=1S/C26H37ClN4O2/c1-32-14-11-28-21-5-7-22(8-6-21)31-26-16-24(25(27)18-30-26)20-3-2-4-23(15-20)29-17-19-9-12-33-13-10-19/h2-4,15-16,18-19,21-22,28-29H,5-14,17H2,1H3,(H,30,31)/t21-,22-. The Hall–Kier alpha value is -1.86. The molecule has 2 heterocycles. The van der Waals surface area contributed by atoms with Crippen molar-refractivity contribution in [3.63, 3.8) is 0 Å². The smallest absolute Gasteiger partial charge is 0.126 e. The fraction of sp³-hybridized carbons (Fsp3) is 0.577. The summed E-state index contributed by atoms with van der Waals surface area (Å²) in [5, 5.41) is 11.5. The lowest BCUT2D eigenvalue weighted by Gasteiger charge is -2.30. The minimum atomic E-state index is 0.444. The third-order valence-electron chi connectivity index (χ3n) is 6.78. The predicted molar refractivity (Wildman–Crippen MR) is 136 cm³/mol. The van der Waals surface area contributed by atoms with E-state index in [2.05, 4.69) is 51.3 Å². The molecule has 0 atom stereocenters. The zero-order valence-corrected chi connectivity index (χ0v) is 20.4. The maximum atomic E-state index is 6.56. The molecular weight excluding hydrogens is 436 g/mol. The zero-order chi connectivity index (χ0) is 22.9. The summed E-state index contributed by atoms with van der Waals surface area (Å²) in [7, 11) is 1.75. The molecule has 0 unspecified atom stereocenters. The quantitative estimate of drug-likeness (QED) is 0.413. The number of nitrogens with zero attached hydrogens (tertiary/aromatic N) is 1. The third-order valence-corrected chi connectivity index (χ3v) is 7.08. The second-order valence-corrected chi connectivity index (χ2v) is 9.61. The number of pyridine rings is 1. The van der Waals surface area contributed by atoms with Crippen LogP contribution in [0, 0.1) is 5.92 Å². The number of rotatable bonds is 10. The molecule has 33 heavy (non-hydrogen) atoms. The van der Waals surface area contributed by atoms with Gasteiger partial charge in [-0.2, -0.15) is 0 Å². The van der Waals surface area contributed by atoms with Gasteiger partial charge < -0.3 is 25.4 Å². The molecule has 0 radical (unpaired) electrons. The van der Waals surface area contributed by atoms with Crippen LogP contribution in [0.25, 0.3) is 11.1 Å². The van der Waals surface area contributed by atoms with Gasteiger partial charge >= 0.3 is 0 Å². The number of hydrogen-bond acceptors (Lipinski definition) is 6. The molecule has 1 saturated heterocycles. The molecule has 3 N–H and O–H groups in total. The van der Waals surface area contributed by atoms with Crippen LogP contribution in [-0.2, 0) is 9.47 Å². The van der Waals surface area contributed by atoms with E-state index in [1.165, 1.54) is 12.8 Å². The summed E-state index contributed by atoms with van der Waals surface area (Å²) < 4.78 is 10.6. The van der Waals surface area contributed by atoms with Gasteiger partial charge in [0.25, 0.3) is 0 Å². The van der Waals surface area contributed by atoms with E-state index in [1.54, 1.807) is 13.3 Å². The lowest BCUT2D eigenvalue weighted by Crippen LogP contribution is -2.38. The van der Waals surface area contributed by atoms with Crippen LogP contribution in [0.15, 0.2) is 36.5 Å². The summed E-state index contributed by atoms with van der Waals surface area (Å²) in [5.74, 6) is 1.57. The molecule has 4 rings (SSSR count). The van der Waals surface area contributed by atoms with E-state index in [9.17, 15) is 0 Å². The highest BCUT2D eigenvalue weighted by Crippen LogP contribution is 2.32. The molecule has 180 valence electrons. The molecule has 0 spiro atoms. The Labute approximate surface area is 202 Å². The average Bonchev–Trinajstić information content (AvgIpc) is 2.86. The third kappa shape index (κ3) is 7.31. The SMILES string of the molecule is COCCN[C@H]1CC[C@H](Nc2cc(-c3cccc(NCC4CCOCC4)c3)c(Cl)cn2)CC1. The predicted octanol–water partition coefficient (Wildman–Crippen LogP) is 5.20. The molecule has 1 aromatic carbocycles. The minimum Gasteiger partial charge on any atom is -0.385 e. The van der Waals surface area contributed by atoms with E-state index in [0.717, 1.165) is 81.2 Å². The van der Waals surface area contributed by atoms with Gasteiger partial charge in [0, 0.05) is 62.9 Å². The molecule has 1 saturated carbocycles. The molecule has 1 aliphatic heterocycles. The van der Waals surface area contributed by atoms with Gasteiger partial charge in [-0.3, -0.25) is 0 Å². The normalized spacial score (nSPS) is 21.6. The lowest BCUT2D eigenvalue weighted by atomic mass is 9.91. The van der Waals surface area contributed by atoms with E-state index in [0.29, 0.717) is 23.0 Å². The number of benzene rings is 1. The van der Waals surface area contributed by atoms with Crippen LogP contribution >= 0.6 is 11.6 Å². The van der Waals surface area contributed by atoms with Gasteiger partial charge in [-0.15, -0.1) is 0 Å². The molecule has 2 fully saturated rings. The molecule has 1 aromatic heterocycles. The first kappa shape index (κ1) is 24.3. The van der Waals surface area contributed by atoms with Gasteiger partial charge in [-0.1, -0.05) is 23.7 Å². The maximum absolute atomic E-state index is 6.56. The molecule has 0 bridgehead atoms. The van der Waals surface area contributed by atoms with Crippen molar-refractivity contribution in [1.82, 2.24) is 10.3 Å². The van der Waals surface area contributed by atoms with Gasteiger partial charge in [-0.25, -0.2) is 4.98 Å². The van der Waals surface area contributed by atoms with Crippen molar-refractivity contribution in [2.45, 2.75) is 50.6 Å². The monoisotopic (exact) mass is 472 g/mol. The second kappa shape index (κ2) is 12.6. The first-order chi connectivity index (χ1) is 16.2. The van der Waals surface area contributed by atoms with Crippen LogP contribution in [0.3, 0.4) is 0 Å². The number of aromatic nitrogens is 1. The number of hydrogen-bond donors (Lipinski definition) is 3. The summed E-state index contributed by atoms with van der Waals surface area (Å²) in [6.45, 7) is 4.42.